The maximum atomic E-state index is 12.0. The molecule has 0 saturated carbocycles. The van der Waals surface area contributed by atoms with Gasteiger partial charge in [-0.3, -0.25) is 9.59 Å². The summed E-state index contributed by atoms with van der Waals surface area (Å²) >= 11 is 6.00. The molecule has 0 aliphatic heterocycles. The lowest BCUT2D eigenvalue weighted by Crippen LogP contribution is -2.31. The van der Waals surface area contributed by atoms with Crippen LogP contribution in [-0.2, 0) is 13.6 Å². The van der Waals surface area contributed by atoms with E-state index < -0.39 is 0 Å². The summed E-state index contributed by atoms with van der Waals surface area (Å²) in [5.74, 6) is -0.0809. The molecule has 1 aromatic heterocycles. The summed E-state index contributed by atoms with van der Waals surface area (Å²) in [4.78, 5) is 23.7. The van der Waals surface area contributed by atoms with Crippen LogP contribution in [0.1, 0.15) is 36.2 Å². The highest BCUT2D eigenvalue weighted by atomic mass is 35.5. The van der Waals surface area contributed by atoms with Crippen molar-refractivity contribution in [3.63, 3.8) is 0 Å². The normalized spacial score (nSPS) is 11.8. The largest absolute Gasteiger partial charge is 0.378 e. The highest BCUT2D eigenvalue weighted by Gasteiger charge is 2.09. The third-order valence-electron chi connectivity index (χ3n) is 3.77. The van der Waals surface area contributed by atoms with Crippen molar-refractivity contribution in [3.8, 4) is 0 Å². The van der Waals surface area contributed by atoms with Crippen LogP contribution in [0.4, 0.5) is 5.69 Å². The molecule has 0 saturated heterocycles. The van der Waals surface area contributed by atoms with Gasteiger partial charge in [0, 0.05) is 25.2 Å². The second-order valence-electron chi connectivity index (χ2n) is 5.63. The fourth-order valence-electron chi connectivity index (χ4n) is 2.01. The minimum Gasteiger partial charge on any atom is -0.378 e. The highest BCUT2D eigenvalue weighted by Crippen LogP contribution is 2.16. The second-order valence-corrected chi connectivity index (χ2v) is 6.01. The van der Waals surface area contributed by atoms with Gasteiger partial charge in [0.15, 0.2) is 0 Å². The Hall–Kier alpha value is -2.34. The molecule has 128 valence electrons. The average Bonchev–Trinajstić information content (AvgIpc) is 2.59. The van der Waals surface area contributed by atoms with Crippen molar-refractivity contribution >= 4 is 23.2 Å². The molecular weight excluding hydrogens is 328 g/mol. The van der Waals surface area contributed by atoms with E-state index in [0.717, 1.165) is 12.0 Å². The van der Waals surface area contributed by atoms with Crippen LogP contribution in [-0.4, -0.2) is 21.7 Å². The summed E-state index contributed by atoms with van der Waals surface area (Å²) in [6.45, 7) is 4.47. The summed E-state index contributed by atoms with van der Waals surface area (Å²) in [5, 5.41) is 10.0. The average molecular weight is 349 g/mol. The summed E-state index contributed by atoms with van der Waals surface area (Å²) in [6, 6.07) is 7.42. The number of carbonyl (C=O) groups excluding carboxylic acids is 1. The molecule has 0 aliphatic rings. The van der Waals surface area contributed by atoms with Crippen LogP contribution in [0, 0.1) is 0 Å². The topological polar surface area (TPSA) is 76.0 Å². The molecule has 0 aliphatic carbocycles. The lowest BCUT2D eigenvalue weighted by atomic mass is 10.1. The molecule has 0 spiro atoms. The number of nitrogens with one attached hydrogen (secondary N) is 2. The van der Waals surface area contributed by atoms with Crippen molar-refractivity contribution < 1.29 is 4.79 Å². The Balaban J connectivity index is 2.01. The molecule has 1 heterocycles. The number of rotatable bonds is 6. The number of nitrogens with zero attached hydrogens (tertiary/aromatic N) is 2. The predicted octanol–water partition coefficient (Wildman–Crippen LogP) is 2.57. The highest BCUT2D eigenvalue weighted by molar-refractivity contribution is 6.32. The first-order valence-electron chi connectivity index (χ1n) is 7.77. The van der Waals surface area contributed by atoms with E-state index in [-0.39, 0.29) is 22.5 Å². The van der Waals surface area contributed by atoms with Crippen molar-refractivity contribution in [2.75, 3.05) is 5.32 Å². The van der Waals surface area contributed by atoms with E-state index >= 15 is 0 Å². The van der Waals surface area contributed by atoms with E-state index in [1.807, 2.05) is 26.0 Å². The fraction of sp³-hybridized carbons (Fsp3) is 0.353. The van der Waals surface area contributed by atoms with E-state index in [1.165, 1.54) is 10.9 Å². The van der Waals surface area contributed by atoms with Gasteiger partial charge in [-0.15, -0.1) is 0 Å². The molecule has 0 fully saturated rings. The van der Waals surface area contributed by atoms with Gasteiger partial charge in [-0.2, -0.15) is 5.10 Å². The molecular formula is C17H21ClN4O2. The first-order chi connectivity index (χ1) is 11.4. The molecule has 1 atom stereocenters. The standard InChI is InChI=1S/C17H21ClN4O2/c1-4-11(2)21-16(23)13-7-5-12(6-8-13)9-19-14-10-20-22(3)17(24)15(14)18/h5-8,10-11,19H,4,9H2,1-3H3,(H,21,23)/t11-/m0/s1. The number of amides is 1. The Bertz CT molecular complexity index is 771. The SMILES string of the molecule is CC[C@H](C)NC(=O)c1ccc(CNc2cnn(C)c(=O)c2Cl)cc1. The lowest BCUT2D eigenvalue weighted by Gasteiger charge is -2.12. The van der Waals surface area contributed by atoms with Gasteiger partial charge >= 0.3 is 0 Å². The smallest absolute Gasteiger partial charge is 0.287 e. The third-order valence-corrected chi connectivity index (χ3v) is 4.13. The molecule has 2 N–H and O–H groups in total. The van der Waals surface area contributed by atoms with E-state index in [4.69, 9.17) is 11.6 Å². The van der Waals surface area contributed by atoms with Gasteiger partial charge in [-0.05, 0) is 31.0 Å². The van der Waals surface area contributed by atoms with Gasteiger partial charge in [-0.1, -0.05) is 30.7 Å². The number of halogens is 1. The van der Waals surface area contributed by atoms with Crippen molar-refractivity contribution in [2.45, 2.75) is 32.9 Å². The van der Waals surface area contributed by atoms with Crippen LogP contribution < -0.4 is 16.2 Å². The molecule has 7 heteroatoms. The van der Waals surface area contributed by atoms with Gasteiger partial charge in [0.2, 0.25) is 0 Å². The molecule has 24 heavy (non-hydrogen) atoms. The van der Waals surface area contributed by atoms with Gasteiger partial charge in [-0.25, -0.2) is 4.68 Å². The van der Waals surface area contributed by atoms with Crippen molar-refractivity contribution in [1.82, 2.24) is 15.1 Å². The van der Waals surface area contributed by atoms with E-state index in [9.17, 15) is 9.59 Å². The van der Waals surface area contributed by atoms with Crippen molar-refractivity contribution in [3.05, 3.63) is 57.0 Å². The number of benzene rings is 1. The van der Waals surface area contributed by atoms with Crippen LogP contribution in [0.3, 0.4) is 0 Å². The Morgan fingerprint density at radius 1 is 1.33 bits per heavy atom. The fourth-order valence-corrected chi connectivity index (χ4v) is 2.25. The zero-order valence-corrected chi connectivity index (χ0v) is 14.7. The molecule has 1 amide bonds. The minimum atomic E-state index is -0.348. The van der Waals surface area contributed by atoms with Crippen LogP contribution in [0.5, 0.6) is 0 Å². The molecule has 2 aromatic rings. The molecule has 2 rings (SSSR count). The first-order valence-corrected chi connectivity index (χ1v) is 8.15. The monoisotopic (exact) mass is 348 g/mol. The van der Waals surface area contributed by atoms with E-state index in [0.29, 0.717) is 17.8 Å². The lowest BCUT2D eigenvalue weighted by molar-refractivity contribution is 0.0939. The van der Waals surface area contributed by atoms with Crippen LogP contribution in [0.2, 0.25) is 5.02 Å². The molecule has 0 bridgehead atoms. The molecule has 6 nitrogen and oxygen atoms in total. The maximum absolute atomic E-state index is 12.0. The number of aromatic nitrogens is 2. The van der Waals surface area contributed by atoms with Gasteiger partial charge in [0.1, 0.15) is 5.02 Å². The molecule has 1 aromatic carbocycles. The maximum Gasteiger partial charge on any atom is 0.287 e. The zero-order valence-electron chi connectivity index (χ0n) is 14.0. The van der Waals surface area contributed by atoms with E-state index in [2.05, 4.69) is 15.7 Å². The summed E-state index contributed by atoms with van der Waals surface area (Å²) in [7, 11) is 1.54. The minimum absolute atomic E-state index is 0.0809. The number of aryl methyl sites for hydroxylation is 1. The third kappa shape index (κ3) is 4.35. The summed E-state index contributed by atoms with van der Waals surface area (Å²) in [6.07, 6.45) is 2.40. The van der Waals surface area contributed by atoms with Gasteiger partial charge in [0.05, 0.1) is 11.9 Å². The summed E-state index contributed by atoms with van der Waals surface area (Å²) < 4.78 is 1.18. The van der Waals surface area contributed by atoms with Crippen LogP contribution >= 0.6 is 11.6 Å². The Labute approximate surface area is 145 Å². The van der Waals surface area contributed by atoms with Gasteiger partial charge in [0.25, 0.3) is 11.5 Å². The first kappa shape index (κ1) is 18.0. The number of hydrogen-bond acceptors (Lipinski definition) is 4. The summed E-state index contributed by atoms with van der Waals surface area (Å²) in [5.41, 5.74) is 1.72. The number of anilines is 1. The van der Waals surface area contributed by atoms with Crippen molar-refractivity contribution in [1.29, 1.82) is 0 Å². The van der Waals surface area contributed by atoms with E-state index in [1.54, 1.807) is 19.2 Å². The Morgan fingerprint density at radius 3 is 2.62 bits per heavy atom. The Morgan fingerprint density at radius 2 is 2.00 bits per heavy atom. The van der Waals surface area contributed by atoms with Crippen LogP contribution in [0.15, 0.2) is 35.3 Å². The molecule has 0 unspecified atom stereocenters. The Kier molecular flexibility index (Phi) is 5.98. The quantitative estimate of drug-likeness (QED) is 0.841. The van der Waals surface area contributed by atoms with Crippen LogP contribution in [0.25, 0.3) is 0 Å². The second kappa shape index (κ2) is 7.97. The zero-order chi connectivity index (χ0) is 17.7. The predicted molar refractivity (Wildman–Crippen MR) is 95.5 cm³/mol. The van der Waals surface area contributed by atoms with Gasteiger partial charge < -0.3 is 10.6 Å². The van der Waals surface area contributed by atoms with Crippen molar-refractivity contribution in [2.24, 2.45) is 7.05 Å². The molecule has 0 radical (unpaired) electrons. The number of hydrogen-bond donors (Lipinski definition) is 2. The number of carbonyl (C=O) groups is 1.